The van der Waals surface area contributed by atoms with E-state index < -0.39 is 16.9 Å². The van der Waals surface area contributed by atoms with Crippen LogP contribution in [0.4, 0.5) is 0 Å². The Hall–Kier alpha value is -2.26. The molecule has 0 radical (unpaired) electrons. The van der Waals surface area contributed by atoms with Crippen LogP contribution in [0, 0.1) is 17.3 Å². The third-order valence-corrected chi connectivity index (χ3v) is 6.38. The van der Waals surface area contributed by atoms with E-state index in [0.29, 0.717) is 23.1 Å². The summed E-state index contributed by atoms with van der Waals surface area (Å²) in [6.45, 7) is 3.86. The Labute approximate surface area is 147 Å². The lowest BCUT2D eigenvalue weighted by molar-refractivity contribution is -0.0584. The molecule has 128 valence electrons. The van der Waals surface area contributed by atoms with Gasteiger partial charge in [-0.05, 0) is 24.8 Å². The van der Waals surface area contributed by atoms with Crippen molar-refractivity contribution >= 4 is 11.6 Å². The monoisotopic (exact) mass is 334 g/mol. The molecule has 0 spiro atoms. The Morgan fingerprint density at radius 3 is 2.44 bits per heavy atom. The Morgan fingerprint density at radius 2 is 1.76 bits per heavy atom. The maximum atomic E-state index is 13.4. The third-order valence-electron chi connectivity index (χ3n) is 6.38. The van der Waals surface area contributed by atoms with Crippen LogP contribution >= 0.6 is 0 Å². The van der Waals surface area contributed by atoms with E-state index in [-0.39, 0.29) is 17.5 Å². The molecule has 1 saturated carbocycles. The number of rotatable bonds is 3. The molecule has 2 aromatic rings. The number of Topliss-reactive ketones (excluding diaryl/α,β-unsaturated/α-hetero) is 2. The van der Waals surface area contributed by atoms with Crippen molar-refractivity contribution in [3.8, 4) is 0 Å². The molecule has 2 aromatic carbocycles. The number of aliphatic hydroxyl groups is 1. The summed E-state index contributed by atoms with van der Waals surface area (Å²) in [4.78, 5) is 26.5. The van der Waals surface area contributed by atoms with Gasteiger partial charge in [0, 0.05) is 11.1 Å². The minimum absolute atomic E-state index is 0.0139. The highest BCUT2D eigenvalue weighted by atomic mass is 16.3. The number of carbonyl (C=O) groups excluding carboxylic acids is 2. The molecule has 1 fully saturated rings. The minimum Gasteiger partial charge on any atom is -0.383 e. The van der Waals surface area contributed by atoms with Crippen molar-refractivity contribution in [1.29, 1.82) is 0 Å². The zero-order valence-corrected chi connectivity index (χ0v) is 14.5. The summed E-state index contributed by atoms with van der Waals surface area (Å²) in [5, 5.41) is 11.9. The number of ketones is 2. The van der Waals surface area contributed by atoms with Gasteiger partial charge in [0.2, 0.25) is 0 Å². The van der Waals surface area contributed by atoms with E-state index in [1.807, 2.05) is 50.2 Å². The van der Waals surface area contributed by atoms with Crippen LogP contribution in [-0.4, -0.2) is 16.7 Å². The molecule has 2 aliphatic carbocycles. The average Bonchev–Trinajstić information content (AvgIpc) is 2.98. The lowest BCUT2D eigenvalue weighted by Crippen LogP contribution is -2.46. The smallest absolute Gasteiger partial charge is 0.172 e. The maximum Gasteiger partial charge on any atom is 0.172 e. The summed E-state index contributed by atoms with van der Waals surface area (Å²) in [5.41, 5.74) is -0.595. The summed E-state index contributed by atoms with van der Waals surface area (Å²) in [6.07, 6.45) is 1.30. The third kappa shape index (κ3) is 1.90. The van der Waals surface area contributed by atoms with Crippen LogP contribution in [-0.2, 0) is 5.60 Å². The van der Waals surface area contributed by atoms with E-state index in [1.54, 1.807) is 18.2 Å². The highest BCUT2D eigenvalue weighted by Gasteiger charge is 2.70. The maximum absolute atomic E-state index is 13.4. The highest BCUT2D eigenvalue weighted by Crippen LogP contribution is 2.65. The summed E-state index contributed by atoms with van der Waals surface area (Å²) in [6, 6.07) is 16.3. The van der Waals surface area contributed by atoms with Gasteiger partial charge >= 0.3 is 0 Å². The van der Waals surface area contributed by atoms with Crippen molar-refractivity contribution in [2.75, 3.05) is 0 Å². The van der Waals surface area contributed by atoms with Crippen LogP contribution in [0.25, 0.3) is 0 Å². The zero-order chi connectivity index (χ0) is 17.8. The molecule has 1 N–H and O–H groups in total. The normalized spacial score (nSPS) is 33.2. The SMILES string of the molecule is CC[C@H]1C[C@@]2(C)C(=O)c3ccccc3[C@@]2(O)[C@@H]1C(=O)c1ccccc1. The van der Waals surface area contributed by atoms with E-state index >= 15 is 0 Å². The molecule has 4 rings (SSSR count). The van der Waals surface area contributed by atoms with E-state index in [2.05, 4.69) is 0 Å². The Balaban J connectivity index is 1.92. The Bertz CT molecular complexity index is 857. The Morgan fingerprint density at radius 1 is 1.12 bits per heavy atom. The van der Waals surface area contributed by atoms with Gasteiger partial charge in [0.1, 0.15) is 5.60 Å². The fourth-order valence-corrected chi connectivity index (χ4v) is 5.09. The van der Waals surface area contributed by atoms with Gasteiger partial charge in [0.15, 0.2) is 11.6 Å². The first-order valence-electron chi connectivity index (χ1n) is 8.91. The van der Waals surface area contributed by atoms with E-state index in [9.17, 15) is 14.7 Å². The van der Waals surface area contributed by atoms with E-state index in [4.69, 9.17) is 0 Å². The largest absolute Gasteiger partial charge is 0.383 e. The summed E-state index contributed by atoms with van der Waals surface area (Å²) >= 11 is 0. The first kappa shape index (κ1) is 16.2. The lowest BCUT2D eigenvalue weighted by Gasteiger charge is -2.36. The van der Waals surface area contributed by atoms with Gasteiger partial charge in [0.05, 0.1) is 11.3 Å². The van der Waals surface area contributed by atoms with Gasteiger partial charge in [-0.25, -0.2) is 0 Å². The van der Waals surface area contributed by atoms with Crippen LogP contribution in [0.1, 0.15) is 53.0 Å². The molecule has 0 amide bonds. The average molecular weight is 334 g/mol. The van der Waals surface area contributed by atoms with Crippen LogP contribution in [0.15, 0.2) is 54.6 Å². The molecule has 0 saturated heterocycles. The molecule has 0 bridgehead atoms. The number of benzene rings is 2. The van der Waals surface area contributed by atoms with Gasteiger partial charge in [-0.3, -0.25) is 9.59 Å². The molecule has 4 atom stereocenters. The predicted molar refractivity (Wildman–Crippen MR) is 95.4 cm³/mol. The van der Waals surface area contributed by atoms with E-state index in [1.165, 1.54) is 0 Å². The molecule has 25 heavy (non-hydrogen) atoms. The molecule has 2 aliphatic rings. The first-order valence-corrected chi connectivity index (χ1v) is 8.91. The van der Waals surface area contributed by atoms with Crippen molar-refractivity contribution < 1.29 is 14.7 Å². The Kier molecular flexibility index (Phi) is 3.48. The van der Waals surface area contributed by atoms with Crippen molar-refractivity contribution in [3.63, 3.8) is 0 Å². The van der Waals surface area contributed by atoms with Crippen molar-refractivity contribution in [3.05, 3.63) is 71.3 Å². The van der Waals surface area contributed by atoms with Gasteiger partial charge in [0.25, 0.3) is 0 Å². The van der Waals surface area contributed by atoms with E-state index in [0.717, 1.165) is 6.42 Å². The summed E-state index contributed by atoms with van der Waals surface area (Å²) in [7, 11) is 0. The second-order valence-corrected chi connectivity index (χ2v) is 7.55. The van der Waals surface area contributed by atoms with Crippen LogP contribution in [0.5, 0.6) is 0 Å². The summed E-state index contributed by atoms with van der Waals surface area (Å²) in [5.74, 6) is -0.715. The minimum atomic E-state index is -1.44. The molecular formula is C22H22O3. The highest BCUT2D eigenvalue weighted by molar-refractivity contribution is 6.09. The molecule has 0 unspecified atom stereocenters. The zero-order valence-electron chi connectivity index (χ0n) is 14.5. The molecule has 0 aliphatic heterocycles. The quantitative estimate of drug-likeness (QED) is 0.863. The number of carbonyl (C=O) groups is 2. The van der Waals surface area contributed by atoms with Gasteiger partial charge in [-0.15, -0.1) is 0 Å². The molecule has 3 nitrogen and oxygen atoms in total. The van der Waals surface area contributed by atoms with Crippen molar-refractivity contribution in [1.82, 2.24) is 0 Å². The second-order valence-electron chi connectivity index (χ2n) is 7.55. The second kappa shape index (κ2) is 5.37. The molecular weight excluding hydrogens is 312 g/mol. The summed E-state index contributed by atoms with van der Waals surface area (Å²) < 4.78 is 0. The van der Waals surface area contributed by atoms with Crippen molar-refractivity contribution in [2.24, 2.45) is 17.3 Å². The first-order chi connectivity index (χ1) is 11.9. The van der Waals surface area contributed by atoms with Gasteiger partial charge in [-0.2, -0.15) is 0 Å². The van der Waals surface area contributed by atoms with Crippen molar-refractivity contribution in [2.45, 2.75) is 32.3 Å². The fraction of sp³-hybridized carbons (Fsp3) is 0.364. The topological polar surface area (TPSA) is 54.4 Å². The lowest BCUT2D eigenvalue weighted by atomic mass is 9.70. The number of fused-ring (bicyclic) bond motifs is 3. The van der Waals surface area contributed by atoms with Gasteiger partial charge < -0.3 is 5.11 Å². The predicted octanol–water partition coefficient (Wildman–Crippen LogP) is 4.01. The molecule has 0 heterocycles. The number of hydrogen-bond acceptors (Lipinski definition) is 3. The molecule has 3 heteroatoms. The number of hydrogen-bond donors (Lipinski definition) is 1. The standard InChI is InChI=1S/C22H22O3/c1-3-14-13-21(2)20(24)16-11-7-8-12-17(16)22(21,25)18(14)19(23)15-9-5-4-6-10-15/h4-12,14,18,25H,3,13H2,1-2H3/t14-,18-,21-,22+/m0/s1. The van der Waals surface area contributed by atoms with Gasteiger partial charge in [-0.1, -0.05) is 67.9 Å². The van der Waals surface area contributed by atoms with Crippen LogP contribution in [0.3, 0.4) is 0 Å². The fourth-order valence-electron chi connectivity index (χ4n) is 5.09. The van der Waals surface area contributed by atoms with Crippen LogP contribution in [0.2, 0.25) is 0 Å². The van der Waals surface area contributed by atoms with Crippen LogP contribution < -0.4 is 0 Å². The molecule has 0 aromatic heterocycles.